The molecule has 0 radical (unpaired) electrons. The molecule has 0 aliphatic heterocycles. The molecule has 2 rings (SSSR count). The third-order valence-electron chi connectivity index (χ3n) is 3.55. The first-order valence-corrected chi connectivity index (χ1v) is 7.76. The van der Waals surface area contributed by atoms with Crippen molar-refractivity contribution < 1.29 is 0 Å². The largest absolute Gasteiger partial charge is 0.0827 e. The van der Waals surface area contributed by atoms with Crippen LogP contribution in [0.25, 0.3) is 11.1 Å². The Morgan fingerprint density at radius 3 is 1.95 bits per heavy atom. The van der Waals surface area contributed by atoms with Gasteiger partial charge in [-0.2, -0.15) is 0 Å². The first-order chi connectivity index (χ1) is 9.43. The van der Waals surface area contributed by atoms with E-state index in [1.54, 1.807) is 0 Å². The molecule has 0 N–H and O–H groups in total. The first-order valence-electron chi connectivity index (χ1n) is 7.00. The van der Waals surface area contributed by atoms with Gasteiger partial charge >= 0.3 is 0 Å². The van der Waals surface area contributed by atoms with Crippen molar-refractivity contribution in [2.24, 2.45) is 0 Å². The van der Waals surface area contributed by atoms with Crippen molar-refractivity contribution in [3.63, 3.8) is 0 Å². The molecule has 0 aliphatic carbocycles. The Labute approximate surface area is 131 Å². The van der Waals surface area contributed by atoms with Crippen LogP contribution in [0.4, 0.5) is 0 Å². The van der Waals surface area contributed by atoms with Crippen LogP contribution >= 0.6 is 23.2 Å². The fourth-order valence-corrected chi connectivity index (χ4v) is 3.12. The van der Waals surface area contributed by atoms with Crippen molar-refractivity contribution >= 4 is 23.2 Å². The van der Waals surface area contributed by atoms with Crippen molar-refractivity contribution in [2.45, 2.75) is 39.5 Å². The smallest absolute Gasteiger partial charge is 0.0673 e. The lowest BCUT2D eigenvalue weighted by Gasteiger charge is -2.22. The third kappa shape index (κ3) is 2.87. The maximum Gasteiger partial charge on any atom is 0.0673 e. The summed E-state index contributed by atoms with van der Waals surface area (Å²) in [6.45, 7) is 8.80. The molecule has 0 amide bonds. The van der Waals surface area contributed by atoms with Crippen LogP contribution in [0.3, 0.4) is 0 Å². The lowest BCUT2D eigenvalue weighted by molar-refractivity contribution is 0.792. The van der Waals surface area contributed by atoms with Gasteiger partial charge in [-0.25, -0.2) is 0 Å². The number of hydrogen-bond acceptors (Lipinski definition) is 0. The topological polar surface area (TPSA) is 0 Å². The molecule has 2 aromatic rings. The van der Waals surface area contributed by atoms with Crippen molar-refractivity contribution in [1.29, 1.82) is 0 Å². The Balaban J connectivity index is 2.83. The quantitative estimate of drug-likeness (QED) is 0.578. The molecule has 20 heavy (non-hydrogen) atoms. The average Bonchev–Trinajstić information content (AvgIpc) is 2.41. The Morgan fingerprint density at radius 1 is 0.850 bits per heavy atom. The zero-order valence-electron chi connectivity index (χ0n) is 12.4. The van der Waals surface area contributed by atoms with Gasteiger partial charge < -0.3 is 0 Å². The predicted molar refractivity (Wildman–Crippen MR) is 90.1 cm³/mol. The van der Waals surface area contributed by atoms with Gasteiger partial charge in [0.15, 0.2) is 0 Å². The van der Waals surface area contributed by atoms with E-state index in [1.807, 2.05) is 24.3 Å². The van der Waals surface area contributed by atoms with E-state index in [0.717, 1.165) is 11.1 Å². The standard InChI is InChI=1S/C18H20Cl2/c1-11(2)14-10-15(19)18(20)17(16(14)12(3)4)13-8-6-5-7-9-13/h5-12H,1-4H3. The van der Waals surface area contributed by atoms with Crippen LogP contribution in [0.5, 0.6) is 0 Å². The van der Waals surface area contributed by atoms with Gasteiger partial charge in [0.2, 0.25) is 0 Å². The van der Waals surface area contributed by atoms with Gasteiger partial charge in [-0.05, 0) is 34.6 Å². The van der Waals surface area contributed by atoms with Gasteiger partial charge in [0.1, 0.15) is 0 Å². The number of hydrogen-bond donors (Lipinski definition) is 0. The summed E-state index contributed by atoms with van der Waals surface area (Å²) in [7, 11) is 0. The minimum atomic E-state index is 0.400. The normalized spacial score (nSPS) is 11.4. The summed E-state index contributed by atoms with van der Waals surface area (Å²) < 4.78 is 0. The highest BCUT2D eigenvalue weighted by molar-refractivity contribution is 6.44. The molecule has 0 nitrogen and oxygen atoms in total. The summed E-state index contributed by atoms with van der Waals surface area (Å²) >= 11 is 12.9. The zero-order chi connectivity index (χ0) is 14.9. The molecule has 0 atom stereocenters. The molecule has 0 unspecified atom stereocenters. The molecular weight excluding hydrogens is 287 g/mol. The SMILES string of the molecule is CC(C)c1cc(Cl)c(Cl)c(-c2ccccc2)c1C(C)C. The average molecular weight is 307 g/mol. The van der Waals surface area contributed by atoms with E-state index in [0.29, 0.717) is 21.9 Å². The number of rotatable bonds is 3. The zero-order valence-corrected chi connectivity index (χ0v) is 13.9. The summed E-state index contributed by atoms with van der Waals surface area (Å²) in [5, 5.41) is 1.30. The van der Waals surface area contributed by atoms with Crippen molar-refractivity contribution in [1.82, 2.24) is 0 Å². The van der Waals surface area contributed by atoms with Crippen LogP contribution in [-0.2, 0) is 0 Å². The molecule has 0 saturated heterocycles. The van der Waals surface area contributed by atoms with Crippen LogP contribution in [0.15, 0.2) is 36.4 Å². The lowest BCUT2D eigenvalue weighted by atomic mass is 9.84. The van der Waals surface area contributed by atoms with E-state index < -0.39 is 0 Å². The van der Waals surface area contributed by atoms with E-state index in [9.17, 15) is 0 Å². The Morgan fingerprint density at radius 2 is 1.45 bits per heavy atom. The molecule has 0 bridgehead atoms. The molecule has 0 spiro atoms. The summed E-state index contributed by atoms with van der Waals surface area (Å²) in [6.07, 6.45) is 0. The lowest BCUT2D eigenvalue weighted by Crippen LogP contribution is -2.03. The first kappa shape index (κ1) is 15.4. The van der Waals surface area contributed by atoms with Gasteiger partial charge in [0.25, 0.3) is 0 Å². The third-order valence-corrected chi connectivity index (χ3v) is 4.34. The van der Waals surface area contributed by atoms with Gasteiger partial charge in [-0.15, -0.1) is 0 Å². The van der Waals surface area contributed by atoms with Crippen LogP contribution in [0.1, 0.15) is 50.7 Å². The van der Waals surface area contributed by atoms with Crippen LogP contribution in [-0.4, -0.2) is 0 Å². The summed E-state index contributed by atoms with van der Waals surface area (Å²) in [5.74, 6) is 0.821. The molecule has 0 heterocycles. The molecule has 0 fully saturated rings. The molecule has 0 saturated carbocycles. The van der Waals surface area contributed by atoms with Crippen LogP contribution in [0.2, 0.25) is 10.0 Å². The Hall–Kier alpha value is -0.980. The number of halogens is 2. The summed E-state index contributed by atoms with van der Waals surface area (Å²) in [5.41, 5.74) is 4.80. The Kier molecular flexibility index (Phi) is 4.78. The van der Waals surface area contributed by atoms with Crippen LogP contribution in [0, 0.1) is 0 Å². The molecular formula is C18H20Cl2. The highest BCUT2D eigenvalue weighted by atomic mass is 35.5. The summed E-state index contributed by atoms with van der Waals surface area (Å²) in [4.78, 5) is 0. The summed E-state index contributed by atoms with van der Waals surface area (Å²) in [6, 6.07) is 12.3. The van der Waals surface area contributed by atoms with Crippen LogP contribution < -0.4 is 0 Å². The minimum absolute atomic E-state index is 0.400. The van der Waals surface area contributed by atoms with Gasteiger partial charge in [0.05, 0.1) is 10.0 Å². The molecule has 106 valence electrons. The van der Waals surface area contributed by atoms with Gasteiger partial charge in [0, 0.05) is 5.56 Å². The predicted octanol–water partition coefficient (Wildman–Crippen LogP) is 6.91. The molecule has 2 aromatic carbocycles. The molecule has 0 aliphatic rings. The van der Waals surface area contributed by atoms with E-state index in [1.165, 1.54) is 11.1 Å². The van der Waals surface area contributed by atoms with E-state index in [4.69, 9.17) is 23.2 Å². The van der Waals surface area contributed by atoms with Gasteiger partial charge in [-0.1, -0.05) is 81.2 Å². The van der Waals surface area contributed by atoms with Gasteiger partial charge in [-0.3, -0.25) is 0 Å². The second-order valence-corrected chi connectivity index (χ2v) is 6.51. The van der Waals surface area contributed by atoms with Crippen molar-refractivity contribution in [3.05, 3.63) is 57.6 Å². The van der Waals surface area contributed by atoms with Crippen molar-refractivity contribution in [2.75, 3.05) is 0 Å². The second kappa shape index (κ2) is 6.20. The number of benzene rings is 2. The highest BCUT2D eigenvalue weighted by Crippen LogP contribution is 2.43. The fraction of sp³-hybridized carbons (Fsp3) is 0.333. The highest BCUT2D eigenvalue weighted by Gasteiger charge is 2.20. The maximum atomic E-state index is 6.52. The van der Waals surface area contributed by atoms with E-state index in [2.05, 4.69) is 39.8 Å². The second-order valence-electron chi connectivity index (χ2n) is 5.73. The van der Waals surface area contributed by atoms with E-state index in [-0.39, 0.29) is 0 Å². The van der Waals surface area contributed by atoms with Crippen molar-refractivity contribution in [3.8, 4) is 11.1 Å². The van der Waals surface area contributed by atoms with E-state index >= 15 is 0 Å². The molecule has 0 aromatic heterocycles. The minimum Gasteiger partial charge on any atom is -0.0827 e. The fourth-order valence-electron chi connectivity index (χ4n) is 2.65. The Bertz CT molecular complexity index is 599. The maximum absolute atomic E-state index is 6.52. The monoisotopic (exact) mass is 306 g/mol. The molecule has 2 heteroatoms.